The summed E-state index contributed by atoms with van der Waals surface area (Å²) in [6.45, 7) is 1.30. The van der Waals surface area contributed by atoms with Crippen molar-refractivity contribution in [1.82, 2.24) is 14.8 Å². The van der Waals surface area contributed by atoms with Crippen LogP contribution in [-0.4, -0.2) is 40.0 Å². The van der Waals surface area contributed by atoms with E-state index in [4.69, 9.17) is 20.8 Å². The van der Waals surface area contributed by atoms with Gasteiger partial charge in [0.1, 0.15) is 0 Å². The van der Waals surface area contributed by atoms with E-state index in [2.05, 4.69) is 10.2 Å². The topological polar surface area (TPSA) is 70.2 Å². The summed E-state index contributed by atoms with van der Waals surface area (Å²) in [4.78, 5) is 12.4. The highest BCUT2D eigenvalue weighted by atomic mass is 35.5. The molecule has 2 heterocycles. The second-order valence-electron chi connectivity index (χ2n) is 5.50. The van der Waals surface area contributed by atoms with Gasteiger partial charge in [-0.15, -0.1) is 10.2 Å². The summed E-state index contributed by atoms with van der Waals surface area (Å²) in [5.74, 6) is 1.57. The number of ketones is 1. The van der Waals surface area contributed by atoms with Gasteiger partial charge >= 0.3 is 0 Å². The first-order valence-electron chi connectivity index (χ1n) is 8.06. The number of halogens is 1. The monoisotopic (exact) mass is 391 g/mol. The molecule has 8 heteroatoms. The van der Waals surface area contributed by atoms with E-state index in [1.54, 1.807) is 43.7 Å². The van der Waals surface area contributed by atoms with Gasteiger partial charge in [0.2, 0.25) is 0 Å². The summed E-state index contributed by atoms with van der Waals surface area (Å²) in [6, 6.07) is 10.5. The molecule has 0 aliphatic carbocycles. The number of Topliss-reactive ketones (excluding diaryl/α,β-unsaturated/α-hetero) is 1. The summed E-state index contributed by atoms with van der Waals surface area (Å²) >= 11 is 7.22. The van der Waals surface area contributed by atoms with Gasteiger partial charge in [0.05, 0.1) is 12.0 Å². The van der Waals surface area contributed by atoms with E-state index >= 15 is 0 Å². The average molecular weight is 392 g/mol. The van der Waals surface area contributed by atoms with Crippen LogP contribution in [0.5, 0.6) is 0 Å². The Morgan fingerprint density at radius 2 is 2.08 bits per heavy atom. The molecule has 1 aromatic carbocycles. The zero-order chi connectivity index (χ0) is 18.4. The summed E-state index contributed by atoms with van der Waals surface area (Å²) in [5.41, 5.74) is 0.624. The smallest absolute Gasteiger partial charge is 0.200 e. The van der Waals surface area contributed by atoms with Crippen LogP contribution >= 0.6 is 23.4 Å². The van der Waals surface area contributed by atoms with Gasteiger partial charge in [-0.05, 0) is 42.8 Å². The Labute approximate surface area is 160 Å². The predicted molar refractivity (Wildman–Crippen MR) is 101 cm³/mol. The van der Waals surface area contributed by atoms with Crippen molar-refractivity contribution in [2.24, 2.45) is 0 Å². The first-order valence-corrected chi connectivity index (χ1v) is 9.43. The molecule has 0 amide bonds. The van der Waals surface area contributed by atoms with Crippen LogP contribution in [0.4, 0.5) is 0 Å². The van der Waals surface area contributed by atoms with E-state index in [0.717, 1.165) is 6.42 Å². The van der Waals surface area contributed by atoms with Crippen molar-refractivity contribution in [2.75, 3.05) is 19.5 Å². The van der Waals surface area contributed by atoms with Crippen molar-refractivity contribution in [3.63, 3.8) is 0 Å². The minimum absolute atomic E-state index is 0.0117. The van der Waals surface area contributed by atoms with Crippen LogP contribution in [0.15, 0.2) is 52.2 Å². The van der Waals surface area contributed by atoms with E-state index in [1.165, 1.54) is 11.8 Å². The van der Waals surface area contributed by atoms with Crippen LogP contribution in [0, 0.1) is 0 Å². The van der Waals surface area contributed by atoms with Gasteiger partial charge in [-0.1, -0.05) is 23.4 Å². The number of rotatable bonds is 9. The fourth-order valence-electron chi connectivity index (χ4n) is 2.40. The van der Waals surface area contributed by atoms with E-state index in [9.17, 15) is 4.79 Å². The third-order valence-electron chi connectivity index (χ3n) is 3.69. The fourth-order valence-corrected chi connectivity index (χ4v) is 3.39. The van der Waals surface area contributed by atoms with Crippen LogP contribution < -0.4 is 0 Å². The summed E-state index contributed by atoms with van der Waals surface area (Å²) in [7, 11) is 1.67. The van der Waals surface area contributed by atoms with Crippen LogP contribution in [-0.2, 0) is 11.3 Å². The highest BCUT2D eigenvalue weighted by Gasteiger charge is 2.17. The molecule has 0 aliphatic heterocycles. The van der Waals surface area contributed by atoms with Crippen molar-refractivity contribution in [1.29, 1.82) is 0 Å². The number of benzene rings is 1. The van der Waals surface area contributed by atoms with Crippen molar-refractivity contribution >= 4 is 29.1 Å². The molecule has 3 rings (SSSR count). The van der Waals surface area contributed by atoms with Gasteiger partial charge in [-0.2, -0.15) is 0 Å². The van der Waals surface area contributed by atoms with Gasteiger partial charge in [0.25, 0.3) is 0 Å². The number of hydrogen-bond acceptors (Lipinski definition) is 6. The minimum atomic E-state index is 0.0117. The van der Waals surface area contributed by atoms with Crippen LogP contribution in [0.25, 0.3) is 11.6 Å². The number of hydrogen-bond donors (Lipinski definition) is 0. The van der Waals surface area contributed by atoms with Gasteiger partial charge in [-0.3, -0.25) is 9.36 Å². The second-order valence-corrected chi connectivity index (χ2v) is 6.88. The Hall–Kier alpha value is -2.09. The lowest BCUT2D eigenvalue weighted by atomic mass is 10.1. The SMILES string of the molecule is COCCCn1c(SCC(=O)c2ccc(Cl)cc2)nnc1-c1ccco1. The molecule has 0 spiro atoms. The van der Waals surface area contributed by atoms with Crippen molar-refractivity contribution in [2.45, 2.75) is 18.1 Å². The standard InChI is InChI=1S/C18H18ClN3O3S/c1-24-10-3-9-22-17(16-4-2-11-25-16)20-21-18(22)26-12-15(23)13-5-7-14(19)8-6-13/h2,4-8,11H,3,9-10,12H2,1H3. The maximum atomic E-state index is 12.4. The van der Waals surface area contributed by atoms with Gasteiger partial charge in [0.15, 0.2) is 22.5 Å². The van der Waals surface area contributed by atoms with Crippen molar-refractivity contribution in [3.8, 4) is 11.6 Å². The molecule has 136 valence electrons. The minimum Gasteiger partial charge on any atom is -0.461 e. The number of aromatic nitrogens is 3. The molecule has 6 nitrogen and oxygen atoms in total. The normalized spacial score (nSPS) is 11.0. The van der Waals surface area contributed by atoms with Crippen LogP contribution in [0.1, 0.15) is 16.8 Å². The largest absolute Gasteiger partial charge is 0.461 e. The van der Waals surface area contributed by atoms with Gasteiger partial charge < -0.3 is 9.15 Å². The number of carbonyl (C=O) groups is 1. The molecule has 0 bridgehead atoms. The molecule has 0 unspecified atom stereocenters. The van der Waals surface area contributed by atoms with Crippen LogP contribution in [0.2, 0.25) is 5.02 Å². The van der Waals surface area contributed by atoms with Gasteiger partial charge in [-0.25, -0.2) is 0 Å². The number of thioether (sulfide) groups is 1. The molecule has 2 aromatic heterocycles. The first kappa shape index (κ1) is 18.7. The molecule has 0 N–H and O–H groups in total. The Morgan fingerprint density at radius 1 is 1.27 bits per heavy atom. The summed E-state index contributed by atoms with van der Waals surface area (Å²) < 4.78 is 12.5. The lowest BCUT2D eigenvalue weighted by Gasteiger charge is -2.08. The maximum absolute atomic E-state index is 12.4. The number of ether oxygens (including phenoxy) is 1. The van der Waals surface area contributed by atoms with Crippen molar-refractivity contribution in [3.05, 3.63) is 53.2 Å². The maximum Gasteiger partial charge on any atom is 0.200 e. The summed E-state index contributed by atoms with van der Waals surface area (Å²) in [6.07, 6.45) is 2.40. The third kappa shape index (κ3) is 4.55. The molecule has 0 atom stereocenters. The fraction of sp³-hybridized carbons (Fsp3) is 0.278. The Bertz CT molecular complexity index is 847. The third-order valence-corrected chi connectivity index (χ3v) is 4.91. The zero-order valence-electron chi connectivity index (χ0n) is 14.2. The zero-order valence-corrected chi connectivity index (χ0v) is 15.8. The average Bonchev–Trinajstić information content (AvgIpc) is 3.30. The first-order chi connectivity index (χ1) is 12.7. The number of carbonyl (C=O) groups excluding carboxylic acids is 1. The van der Waals surface area contributed by atoms with E-state index in [0.29, 0.717) is 40.5 Å². The lowest BCUT2D eigenvalue weighted by molar-refractivity contribution is 0.102. The molecule has 0 radical (unpaired) electrons. The van der Waals surface area contributed by atoms with Gasteiger partial charge in [0, 0.05) is 30.8 Å². The number of furan rings is 1. The highest BCUT2D eigenvalue weighted by molar-refractivity contribution is 7.99. The second kappa shape index (κ2) is 9.02. The van der Waals surface area contributed by atoms with Crippen molar-refractivity contribution < 1.29 is 13.9 Å². The molecule has 26 heavy (non-hydrogen) atoms. The Morgan fingerprint density at radius 3 is 2.77 bits per heavy atom. The Kier molecular flexibility index (Phi) is 6.49. The number of nitrogens with zero attached hydrogens (tertiary/aromatic N) is 3. The van der Waals surface area contributed by atoms with Crippen LogP contribution in [0.3, 0.4) is 0 Å². The molecule has 0 saturated heterocycles. The molecule has 0 aliphatic rings. The molecular formula is C18H18ClN3O3S. The molecule has 3 aromatic rings. The Balaban J connectivity index is 1.74. The van der Waals surface area contributed by atoms with E-state index < -0.39 is 0 Å². The molecular weight excluding hydrogens is 374 g/mol. The highest BCUT2D eigenvalue weighted by Crippen LogP contribution is 2.25. The van der Waals surface area contributed by atoms with E-state index in [1.807, 2.05) is 10.6 Å². The lowest BCUT2D eigenvalue weighted by Crippen LogP contribution is -2.07. The summed E-state index contributed by atoms with van der Waals surface area (Å²) in [5, 5.41) is 9.74. The molecule has 0 saturated carbocycles. The number of methoxy groups -OCH3 is 1. The quantitative estimate of drug-likeness (QED) is 0.309. The molecule has 0 fully saturated rings. The van der Waals surface area contributed by atoms with E-state index in [-0.39, 0.29) is 11.5 Å². The predicted octanol–water partition coefficient (Wildman–Crippen LogP) is 4.20.